The third-order valence-electron chi connectivity index (χ3n) is 8.22. The van der Waals surface area contributed by atoms with Crippen molar-refractivity contribution < 1.29 is 19.1 Å². The number of rotatable bonds is 8. The monoisotopic (exact) mass is 404 g/mol. The van der Waals surface area contributed by atoms with E-state index in [1.807, 2.05) is 27.7 Å². The lowest BCUT2D eigenvalue weighted by molar-refractivity contribution is -0.233. The van der Waals surface area contributed by atoms with Crippen LogP contribution in [0.3, 0.4) is 0 Å². The lowest BCUT2D eigenvalue weighted by atomic mass is 9.47. The zero-order valence-electron chi connectivity index (χ0n) is 19.3. The number of esters is 2. The third kappa shape index (κ3) is 4.01. The van der Waals surface area contributed by atoms with E-state index in [0.717, 1.165) is 11.8 Å². The molecule has 164 valence electrons. The number of hydrogen-bond acceptors (Lipinski definition) is 4. The molecule has 0 aromatic carbocycles. The van der Waals surface area contributed by atoms with Gasteiger partial charge in [0, 0.05) is 12.5 Å². The molecule has 0 aromatic rings. The molecule has 4 aliphatic carbocycles. The van der Waals surface area contributed by atoms with Crippen molar-refractivity contribution in [2.24, 2.45) is 35.0 Å². The first-order valence-corrected chi connectivity index (χ1v) is 11.5. The fourth-order valence-corrected chi connectivity index (χ4v) is 6.97. The second-order valence-corrected chi connectivity index (χ2v) is 11.2. The van der Waals surface area contributed by atoms with Gasteiger partial charge in [-0.3, -0.25) is 4.79 Å². The Labute approximate surface area is 176 Å². The second kappa shape index (κ2) is 7.74. The van der Waals surface area contributed by atoms with Crippen LogP contribution in [0.5, 0.6) is 0 Å². The maximum Gasteiger partial charge on any atom is 0.330 e. The van der Waals surface area contributed by atoms with E-state index in [1.165, 1.54) is 38.2 Å². The molecule has 4 heteroatoms. The van der Waals surface area contributed by atoms with Gasteiger partial charge in [-0.05, 0) is 88.9 Å². The molecule has 0 radical (unpaired) electrons. The van der Waals surface area contributed by atoms with E-state index < -0.39 is 17.0 Å². The molecule has 4 fully saturated rings. The van der Waals surface area contributed by atoms with Crippen LogP contribution in [0.2, 0.25) is 0 Å². The van der Waals surface area contributed by atoms with Crippen LogP contribution in [0, 0.1) is 35.0 Å². The Kier molecular flexibility index (Phi) is 5.97. The standard InChI is InChI=1S/C25H40O4/c1-8-21(26)28-24(7,9-2)15-23(5,6)22(27)29-25(16(3)4)19-11-17-10-18(13-19)14-20(25)12-17/h8,16-20H,1,9-15H2,2-7H3. The molecule has 0 heterocycles. The SMILES string of the molecule is C=CC(=O)OC(C)(CC)CC(C)(C)C(=O)OC1(C(C)C)C2CC3CC(C2)CC1C3. The van der Waals surface area contributed by atoms with Crippen LogP contribution < -0.4 is 0 Å². The van der Waals surface area contributed by atoms with Gasteiger partial charge in [0.25, 0.3) is 0 Å². The van der Waals surface area contributed by atoms with E-state index in [4.69, 9.17) is 9.47 Å². The normalized spacial score (nSPS) is 35.3. The summed E-state index contributed by atoms with van der Waals surface area (Å²) in [6.07, 6.45) is 8.47. The molecule has 4 bridgehead atoms. The first-order valence-electron chi connectivity index (χ1n) is 11.5. The minimum Gasteiger partial charge on any atom is -0.458 e. The van der Waals surface area contributed by atoms with Crippen LogP contribution in [-0.2, 0) is 19.1 Å². The highest BCUT2D eigenvalue weighted by Crippen LogP contribution is 2.62. The zero-order chi connectivity index (χ0) is 21.6. The fraction of sp³-hybridized carbons (Fsp3) is 0.840. The molecule has 4 rings (SSSR count). The largest absolute Gasteiger partial charge is 0.458 e. The van der Waals surface area contributed by atoms with Crippen LogP contribution in [0.25, 0.3) is 0 Å². The molecule has 1 atom stereocenters. The molecule has 0 saturated heterocycles. The average molecular weight is 405 g/mol. The lowest BCUT2D eigenvalue weighted by Gasteiger charge is -2.62. The molecule has 4 saturated carbocycles. The molecular formula is C25H40O4. The lowest BCUT2D eigenvalue weighted by Crippen LogP contribution is -2.63. The van der Waals surface area contributed by atoms with Crippen LogP contribution in [0.15, 0.2) is 12.7 Å². The van der Waals surface area contributed by atoms with E-state index in [2.05, 4.69) is 20.4 Å². The summed E-state index contributed by atoms with van der Waals surface area (Å²) in [5.41, 5.74) is -1.78. The topological polar surface area (TPSA) is 52.6 Å². The average Bonchev–Trinajstić information content (AvgIpc) is 2.63. The van der Waals surface area contributed by atoms with Gasteiger partial charge in [0.15, 0.2) is 0 Å². The van der Waals surface area contributed by atoms with Crippen molar-refractivity contribution >= 4 is 11.9 Å². The number of carbonyl (C=O) groups is 2. The van der Waals surface area contributed by atoms with Crippen LogP contribution in [-0.4, -0.2) is 23.1 Å². The Balaban J connectivity index is 1.79. The summed E-state index contributed by atoms with van der Waals surface area (Å²) in [5.74, 6) is 2.37. The molecule has 0 aliphatic heterocycles. The minimum atomic E-state index is -0.733. The number of hydrogen-bond donors (Lipinski definition) is 0. The van der Waals surface area contributed by atoms with Gasteiger partial charge in [-0.15, -0.1) is 0 Å². The second-order valence-electron chi connectivity index (χ2n) is 11.2. The highest BCUT2D eigenvalue weighted by atomic mass is 16.6. The maximum atomic E-state index is 13.5. The molecule has 0 amide bonds. The maximum absolute atomic E-state index is 13.5. The summed E-state index contributed by atoms with van der Waals surface area (Å²) in [6, 6.07) is 0. The van der Waals surface area contributed by atoms with Gasteiger partial charge in [-0.1, -0.05) is 27.4 Å². The van der Waals surface area contributed by atoms with Crippen molar-refractivity contribution in [3.05, 3.63) is 12.7 Å². The van der Waals surface area contributed by atoms with Crippen molar-refractivity contribution in [1.82, 2.24) is 0 Å². The van der Waals surface area contributed by atoms with Gasteiger partial charge in [-0.25, -0.2) is 4.79 Å². The van der Waals surface area contributed by atoms with Gasteiger partial charge in [0.1, 0.15) is 11.2 Å². The molecule has 4 aliphatic rings. The van der Waals surface area contributed by atoms with Crippen LogP contribution in [0.1, 0.15) is 86.5 Å². The summed E-state index contributed by atoms with van der Waals surface area (Å²) in [7, 11) is 0. The Hall–Kier alpha value is -1.32. The van der Waals surface area contributed by atoms with Crippen LogP contribution in [0.4, 0.5) is 0 Å². The molecule has 1 unspecified atom stereocenters. The molecule has 0 N–H and O–H groups in total. The van der Waals surface area contributed by atoms with Gasteiger partial charge in [-0.2, -0.15) is 0 Å². The quantitative estimate of drug-likeness (QED) is 0.385. The van der Waals surface area contributed by atoms with Gasteiger partial charge in [0.05, 0.1) is 5.41 Å². The summed E-state index contributed by atoms with van der Waals surface area (Å²) in [6.45, 7) is 15.7. The summed E-state index contributed by atoms with van der Waals surface area (Å²) >= 11 is 0. The first kappa shape index (κ1) is 22.4. The van der Waals surface area contributed by atoms with Crippen molar-refractivity contribution in [2.75, 3.05) is 0 Å². The van der Waals surface area contributed by atoms with Gasteiger partial charge in [0.2, 0.25) is 0 Å². The molecule has 4 nitrogen and oxygen atoms in total. The van der Waals surface area contributed by atoms with Gasteiger partial charge < -0.3 is 9.47 Å². The van der Waals surface area contributed by atoms with Crippen LogP contribution >= 0.6 is 0 Å². The fourth-order valence-electron chi connectivity index (χ4n) is 6.97. The Morgan fingerprint density at radius 3 is 2.00 bits per heavy atom. The summed E-state index contributed by atoms with van der Waals surface area (Å²) in [4.78, 5) is 25.3. The smallest absolute Gasteiger partial charge is 0.330 e. The molecule has 29 heavy (non-hydrogen) atoms. The summed E-state index contributed by atoms with van der Waals surface area (Å²) in [5, 5.41) is 0. The predicted molar refractivity (Wildman–Crippen MR) is 114 cm³/mol. The van der Waals surface area contributed by atoms with Gasteiger partial charge >= 0.3 is 11.9 Å². The Morgan fingerprint density at radius 2 is 1.59 bits per heavy atom. The van der Waals surface area contributed by atoms with Crippen molar-refractivity contribution in [1.29, 1.82) is 0 Å². The van der Waals surface area contributed by atoms with E-state index in [1.54, 1.807) is 0 Å². The molecule has 0 spiro atoms. The van der Waals surface area contributed by atoms with Crippen molar-refractivity contribution in [3.63, 3.8) is 0 Å². The third-order valence-corrected chi connectivity index (χ3v) is 8.22. The zero-order valence-corrected chi connectivity index (χ0v) is 19.3. The Bertz CT molecular complexity index is 634. The van der Waals surface area contributed by atoms with E-state index in [-0.39, 0.29) is 11.6 Å². The van der Waals surface area contributed by atoms with Crippen molar-refractivity contribution in [3.8, 4) is 0 Å². The van der Waals surface area contributed by atoms with E-state index in [0.29, 0.717) is 30.6 Å². The minimum absolute atomic E-state index is 0.145. The van der Waals surface area contributed by atoms with E-state index >= 15 is 0 Å². The predicted octanol–water partition coefficient (Wildman–Crippen LogP) is 5.69. The number of carbonyl (C=O) groups excluding carboxylic acids is 2. The summed E-state index contributed by atoms with van der Waals surface area (Å²) < 4.78 is 12.2. The first-order chi connectivity index (χ1) is 13.5. The number of ether oxygens (including phenoxy) is 2. The molecule has 0 aromatic heterocycles. The highest BCUT2D eigenvalue weighted by molar-refractivity contribution is 5.81. The van der Waals surface area contributed by atoms with Crippen molar-refractivity contribution in [2.45, 2.75) is 97.7 Å². The van der Waals surface area contributed by atoms with E-state index in [9.17, 15) is 9.59 Å². The Morgan fingerprint density at radius 1 is 1.07 bits per heavy atom. The molecular weight excluding hydrogens is 364 g/mol. The highest BCUT2D eigenvalue weighted by Gasteiger charge is 2.61.